The third-order valence-corrected chi connectivity index (χ3v) is 5.52. The van der Waals surface area contributed by atoms with Gasteiger partial charge in [0.2, 0.25) is 0 Å². The predicted molar refractivity (Wildman–Crippen MR) is 81.2 cm³/mol. The molecule has 1 aliphatic heterocycles. The normalized spacial score (nSPS) is 34.4. The SMILES string of the molecule is CC(C)(C)[C@H]1CC[C@H](CN2CCCC[C@H]2CO)CC1. The molecule has 1 atom stereocenters. The summed E-state index contributed by atoms with van der Waals surface area (Å²) < 4.78 is 0. The Kier molecular flexibility index (Phi) is 5.30. The summed E-state index contributed by atoms with van der Waals surface area (Å²) in [6, 6.07) is 0.453. The molecule has 1 aliphatic carbocycles. The maximum atomic E-state index is 9.50. The second kappa shape index (κ2) is 6.58. The molecule has 0 bridgehead atoms. The van der Waals surface area contributed by atoms with E-state index < -0.39 is 0 Å². The van der Waals surface area contributed by atoms with Gasteiger partial charge in [-0.05, 0) is 62.3 Å². The van der Waals surface area contributed by atoms with Gasteiger partial charge in [0.05, 0.1) is 6.61 Å². The van der Waals surface area contributed by atoms with Gasteiger partial charge in [-0.25, -0.2) is 0 Å². The Morgan fingerprint density at radius 1 is 1.00 bits per heavy atom. The highest BCUT2D eigenvalue weighted by molar-refractivity contribution is 4.84. The van der Waals surface area contributed by atoms with Crippen molar-refractivity contribution in [3.63, 3.8) is 0 Å². The van der Waals surface area contributed by atoms with Gasteiger partial charge in [0, 0.05) is 12.6 Å². The van der Waals surface area contributed by atoms with E-state index in [0.717, 1.165) is 11.8 Å². The van der Waals surface area contributed by atoms with Gasteiger partial charge in [-0.1, -0.05) is 27.2 Å². The molecule has 1 N–H and O–H groups in total. The first-order chi connectivity index (χ1) is 9.00. The third kappa shape index (κ3) is 4.19. The van der Waals surface area contributed by atoms with Crippen molar-refractivity contribution in [3.8, 4) is 0 Å². The summed E-state index contributed by atoms with van der Waals surface area (Å²) >= 11 is 0. The fourth-order valence-corrected chi connectivity index (χ4v) is 4.05. The van der Waals surface area contributed by atoms with E-state index in [-0.39, 0.29) is 0 Å². The Balaban J connectivity index is 1.78. The van der Waals surface area contributed by atoms with E-state index in [4.69, 9.17) is 0 Å². The van der Waals surface area contributed by atoms with E-state index in [1.54, 1.807) is 0 Å². The van der Waals surface area contributed by atoms with Crippen molar-refractivity contribution in [2.45, 2.75) is 71.8 Å². The Morgan fingerprint density at radius 2 is 1.68 bits per heavy atom. The second-order valence-corrected chi connectivity index (χ2v) is 7.91. The first-order valence-electron chi connectivity index (χ1n) is 8.35. The van der Waals surface area contributed by atoms with E-state index in [0.29, 0.717) is 18.1 Å². The lowest BCUT2D eigenvalue weighted by molar-refractivity contribution is 0.0581. The molecule has 0 aromatic heterocycles. The average molecular weight is 267 g/mol. The highest BCUT2D eigenvalue weighted by Gasteiger charge is 2.31. The molecule has 0 unspecified atom stereocenters. The summed E-state index contributed by atoms with van der Waals surface area (Å²) in [5.74, 6) is 1.80. The van der Waals surface area contributed by atoms with E-state index in [1.165, 1.54) is 58.0 Å². The van der Waals surface area contributed by atoms with Crippen LogP contribution >= 0.6 is 0 Å². The van der Waals surface area contributed by atoms with Crippen LogP contribution in [0.2, 0.25) is 0 Å². The molecule has 2 rings (SSSR count). The molecule has 0 amide bonds. The summed E-state index contributed by atoms with van der Waals surface area (Å²) in [5.41, 5.74) is 0.490. The van der Waals surface area contributed by atoms with Crippen LogP contribution in [0.4, 0.5) is 0 Å². The molecule has 1 saturated carbocycles. The molecule has 0 aromatic rings. The number of hydrogen-bond acceptors (Lipinski definition) is 2. The third-order valence-electron chi connectivity index (χ3n) is 5.52. The zero-order valence-electron chi connectivity index (χ0n) is 13.2. The fourth-order valence-electron chi connectivity index (χ4n) is 4.05. The van der Waals surface area contributed by atoms with Crippen LogP contribution in [0.1, 0.15) is 65.7 Å². The largest absolute Gasteiger partial charge is 0.395 e. The number of aliphatic hydroxyl groups excluding tert-OH is 1. The number of piperidine rings is 1. The molecule has 2 fully saturated rings. The van der Waals surface area contributed by atoms with Crippen molar-refractivity contribution in [1.29, 1.82) is 0 Å². The smallest absolute Gasteiger partial charge is 0.0586 e. The van der Waals surface area contributed by atoms with Crippen LogP contribution in [0, 0.1) is 17.3 Å². The van der Waals surface area contributed by atoms with Crippen molar-refractivity contribution < 1.29 is 5.11 Å². The molecule has 19 heavy (non-hydrogen) atoms. The van der Waals surface area contributed by atoms with Gasteiger partial charge in [-0.15, -0.1) is 0 Å². The first-order valence-corrected chi connectivity index (χ1v) is 8.35. The zero-order chi connectivity index (χ0) is 13.9. The molecule has 2 aliphatic rings. The van der Waals surface area contributed by atoms with Gasteiger partial charge in [0.1, 0.15) is 0 Å². The summed E-state index contributed by atoms with van der Waals surface area (Å²) in [6.45, 7) is 9.99. The average Bonchev–Trinajstić information content (AvgIpc) is 2.39. The Bertz CT molecular complexity index is 263. The maximum absolute atomic E-state index is 9.50. The Labute approximate surface area is 119 Å². The lowest BCUT2D eigenvalue weighted by atomic mass is 9.69. The lowest BCUT2D eigenvalue weighted by Gasteiger charge is -2.41. The predicted octanol–water partition coefficient (Wildman–Crippen LogP) is 3.69. The summed E-state index contributed by atoms with van der Waals surface area (Å²) in [7, 11) is 0. The van der Waals surface area contributed by atoms with Gasteiger partial charge in [-0.3, -0.25) is 4.90 Å². The quantitative estimate of drug-likeness (QED) is 0.843. The second-order valence-electron chi connectivity index (χ2n) is 7.91. The van der Waals surface area contributed by atoms with E-state index in [2.05, 4.69) is 25.7 Å². The number of likely N-dealkylation sites (tertiary alicyclic amines) is 1. The topological polar surface area (TPSA) is 23.5 Å². The van der Waals surface area contributed by atoms with Gasteiger partial charge < -0.3 is 5.11 Å². The fraction of sp³-hybridized carbons (Fsp3) is 1.00. The molecular weight excluding hydrogens is 234 g/mol. The van der Waals surface area contributed by atoms with Crippen molar-refractivity contribution >= 4 is 0 Å². The lowest BCUT2D eigenvalue weighted by Crippen LogP contribution is -2.45. The minimum Gasteiger partial charge on any atom is -0.395 e. The maximum Gasteiger partial charge on any atom is 0.0586 e. The van der Waals surface area contributed by atoms with Crippen molar-refractivity contribution in [1.82, 2.24) is 4.90 Å². The zero-order valence-corrected chi connectivity index (χ0v) is 13.2. The number of rotatable bonds is 3. The van der Waals surface area contributed by atoms with Gasteiger partial charge in [0.25, 0.3) is 0 Å². The van der Waals surface area contributed by atoms with E-state index >= 15 is 0 Å². The molecule has 1 saturated heterocycles. The summed E-state index contributed by atoms with van der Waals surface area (Å²) in [5, 5.41) is 9.50. The minimum absolute atomic E-state index is 0.358. The summed E-state index contributed by atoms with van der Waals surface area (Å²) in [6.07, 6.45) is 9.45. The summed E-state index contributed by atoms with van der Waals surface area (Å²) in [4.78, 5) is 2.57. The minimum atomic E-state index is 0.358. The number of hydrogen-bond donors (Lipinski definition) is 1. The molecule has 0 spiro atoms. The van der Waals surface area contributed by atoms with Crippen LogP contribution in [0.5, 0.6) is 0 Å². The van der Waals surface area contributed by atoms with Crippen LogP contribution in [0.3, 0.4) is 0 Å². The number of nitrogens with zero attached hydrogens (tertiary/aromatic N) is 1. The van der Waals surface area contributed by atoms with E-state index in [1.807, 2.05) is 0 Å². The van der Waals surface area contributed by atoms with Crippen molar-refractivity contribution in [2.75, 3.05) is 19.7 Å². The van der Waals surface area contributed by atoms with Crippen LogP contribution in [0.25, 0.3) is 0 Å². The Hall–Kier alpha value is -0.0800. The highest BCUT2D eigenvalue weighted by atomic mass is 16.3. The number of aliphatic hydroxyl groups is 1. The molecule has 1 heterocycles. The van der Waals surface area contributed by atoms with Gasteiger partial charge >= 0.3 is 0 Å². The molecule has 0 aromatic carbocycles. The molecule has 2 heteroatoms. The van der Waals surface area contributed by atoms with Crippen molar-refractivity contribution in [3.05, 3.63) is 0 Å². The standard InChI is InChI=1S/C17H33NO/c1-17(2,3)15-9-7-14(8-10-15)12-18-11-5-4-6-16(18)13-19/h14-16,19H,4-13H2,1-3H3/t14-,15-,16-/m0/s1. The van der Waals surface area contributed by atoms with Crippen LogP contribution in [0.15, 0.2) is 0 Å². The van der Waals surface area contributed by atoms with Gasteiger partial charge in [-0.2, -0.15) is 0 Å². The molecule has 0 radical (unpaired) electrons. The first kappa shape index (κ1) is 15.3. The van der Waals surface area contributed by atoms with Crippen LogP contribution in [-0.2, 0) is 0 Å². The molecular formula is C17H33NO. The van der Waals surface area contributed by atoms with Gasteiger partial charge in [0.15, 0.2) is 0 Å². The molecule has 112 valence electrons. The highest BCUT2D eigenvalue weighted by Crippen LogP contribution is 2.40. The molecule has 2 nitrogen and oxygen atoms in total. The van der Waals surface area contributed by atoms with Crippen LogP contribution in [-0.4, -0.2) is 35.7 Å². The Morgan fingerprint density at radius 3 is 2.26 bits per heavy atom. The van der Waals surface area contributed by atoms with Crippen LogP contribution < -0.4 is 0 Å². The monoisotopic (exact) mass is 267 g/mol. The van der Waals surface area contributed by atoms with E-state index in [9.17, 15) is 5.11 Å². The van der Waals surface area contributed by atoms with Crippen molar-refractivity contribution in [2.24, 2.45) is 17.3 Å².